The Morgan fingerprint density at radius 3 is 1.23 bits per heavy atom. The second-order valence-corrected chi connectivity index (χ2v) is 16.8. The normalized spacial score (nSPS) is 12.6. The van der Waals surface area contributed by atoms with E-state index in [2.05, 4.69) is 69.4 Å². The summed E-state index contributed by atoms with van der Waals surface area (Å²) in [7, 11) is 0. The predicted octanol–water partition coefficient (Wildman–Crippen LogP) is 16.6. The zero-order valence-electron chi connectivity index (χ0n) is 39.9. The molecule has 0 aliphatic carbocycles. The van der Waals surface area contributed by atoms with Gasteiger partial charge in [-0.3, -0.25) is 14.4 Å². The minimum Gasteiger partial charge on any atom is -0.462 e. The SMILES string of the molecule is CC/C=C/C=C/C=C/C=C/CCCCCCCC(=O)OCC(COC(=O)CC/C=C/C/C=C/CCCCCCCC)OC(=O)CCCCCCCCCCCCCCCCC. The van der Waals surface area contributed by atoms with Gasteiger partial charge in [0, 0.05) is 19.3 Å². The Bertz CT molecular complexity index is 1160. The predicted molar refractivity (Wildman–Crippen MR) is 261 cm³/mol. The second kappa shape index (κ2) is 49.5. The standard InChI is InChI=1S/C55H94O6/c1-4-7-10-13-16-19-22-25-27-30-33-36-39-42-45-48-54(57)60-51-52(50-59-53(56)47-44-41-38-35-32-29-24-21-18-15-12-9-6-3)61-55(58)49-46-43-40-37-34-31-28-26-23-20-17-14-11-8-5-2/h7,10,13,16,19,22,25,27,29,32,38,41,52H,4-6,8-9,11-12,14-15,17-18,20-21,23-24,26,28,30-31,33-37,39-40,42-51H2,1-3H3/b10-7+,16-13+,22-19+,27-25+,32-29+,41-38+. The van der Waals surface area contributed by atoms with Crippen LogP contribution >= 0.6 is 0 Å². The Morgan fingerprint density at radius 1 is 0.361 bits per heavy atom. The molecule has 1 atom stereocenters. The van der Waals surface area contributed by atoms with Crippen LogP contribution in [-0.2, 0) is 28.6 Å². The van der Waals surface area contributed by atoms with Crippen molar-refractivity contribution in [2.24, 2.45) is 0 Å². The molecule has 0 aliphatic rings. The van der Waals surface area contributed by atoms with Gasteiger partial charge in [0.25, 0.3) is 0 Å². The number of esters is 3. The van der Waals surface area contributed by atoms with E-state index < -0.39 is 6.10 Å². The van der Waals surface area contributed by atoms with Crippen LogP contribution in [0.1, 0.15) is 239 Å². The lowest BCUT2D eigenvalue weighted by Gasteiger charge is -2.18. The fourth-order valence-corrected chi connectivity index (χ4v) is 6.98. The maximum atomic E-state index is 12.8. The smallest absolute Gasteiger partial charge is 0.306 e. The molecule has 0 heterocycles. The zero-order chi connectivity index (χ0) is 44.4. The molecule has 0 amide bonds. The summed E-state index contributed by atoms with van der Waals surface area (Å²) < 4.78 is 16.7. The van der Waals surface area contributed by atoms with Crippen LogP contribution in [0, 0.1) is 0 Å². The molecule has 0 fully saturated rings. The van der Waals surface area contributed by atoms with Crippen molar-refractivity contribution in [3.05, 3.63) is 72.9 Å². The molecule has 1 unspecified atom stereocenters. The summed E-state index contributed by atoms with van der Waals surface area (Å²) in [5.74, 6) is -0.991. The molecule has 0 aromatic carbocycles. The summed E-state index contributed by atoms with van der Waals surface area (Å²) in [4.78, 5) is 37.9. The number of ether oxygens (including phenoxy) is 3. The zero-order valence-corrected chi connectivity index (χ0v) is 39.9. The van der Waals surface area contributed by atoms with Gasteiger partial charge in [-0.15, -0.1) is 0 Å². The van der Waals surface area contributed by atoms with Gasteiger partial charge >= 0.3 is 17.9 Å². The molecule has 0 aromatic heterocycles. The molecule has 0 bridgehead atoms. The van der Waals surface area contributed by atoms with E-state index in [-0.39, 0.29) is 37.5 Å². The van der Waals surface area contributed by atoms with Gasteiger partial charge in [0.2, 0.25) is 0 Å². The number of carbonyl (C=O) groups excluding carboxylic acids is 3. The summed E-state index contributed by atoms with van der Waals surface area (Å²) in [6.07, 6.45) is 61.8. The van der Waals surface area contributed by atoms with Crippen molar-refractivity contribution >= 4 is 17.9 Å². The number of hydrogen-bond donors (Lipinski definition) is 0. The summed E-state index contributed by atoms with van der Waals surface area (Å²) in [5.41, 5.74) is 0. The van der Waals surface area contributed by atoms with Gasteiger partial charge in [-0.2, -0.15) is 0 Å². The summed E-state index contributed by atoms with van der Waals surface area (Å²) in [6.45, 7) is 6.42. The number of carbonyl (C=O) groups is 3. The van der Waals surface area contributed by atoms with Crippen LogP contribution in [0.5, 0.6) is 0 Å². The van der Waals surface area contributed by atoms with Gasteiger partial charge in [-0.1, -0.05) is 235 Å². The van der Waals surface area contributed by atoms with Crippen molar-refractivity contribution in [2.45, 2.75) is 245 Å². The highest BCUT2D eigenvalue weighted by molar-refractivity contribution is 5.71. The van der Waals surface area contributed by atoms with E-state index in [4.69, 9.17) is 14.2 Å². The molecular weight excluding hydrogens is 757 g/mol. The molecule has 0 rings (SSSR count). The number of hydrogen-bond acceptors (Lipinski definition) is 6. The first kappa shape index (κ1) is 57.9. The maximum Gasteiger partial charge on any atom is 0.306 e. The number of unbranched alkanes of at least 4 members (excludes halogenated alkanes) is 25. The minimum atomic E-state index is -0.805. The Kier molecular flexibility index (Phi) is 46.9. The molecule has 0 saturated heterocycles. The van der Waals surface area contributed by atoms with E-state index in [1.54, 1.807) is 0 Å². The molecule has 0 saturated carbocycles. The highest BCUT2D eigenvalue weighted by Gasteiger charge is 2.19. The third-order valence-electron chi connectivity index (χ3n) is 10.8. The van der Waals surface area contributed by atoms with Crippen LogP contribution in [0.2, 0.25) is 0 Å². The van der Waals surface area contributed by atoms with Crippen molar-refractivity contribution < 1.29 is 28.6 Å². The molecule has 0 aromatic rings. The van der Waals surface area contributed by atoms with Gasteiger partial charge in [-0.25, -0.2) is 0 Å². The molecule has 350 valence electrons. The fourth-order valence-electron chi connectivity index (χ4n) is 6.98. The van der Waals surface area contributed by atoms with Crippen molar-refractivity contribution in [2.75, 3.05) is 13.2 Å². The fraction of sp³-hybridized carbons (Fsp3) is 0.727. The van der Waals surface area contributed by atoms with E-state index in [9.17, 15) is 14.4 Å². The Morgan fingerprint density at radius 2 is 0.738 bits per heavy atom. The van der Waals surface area contributed by atoms with Crippen LogP contribution in [0.3, 0.4) is 0 Å². The van der Waals surface area contributed by atoms with Gasteiger partial charge in [-0.05, 0) is 57.8 Å². The summed E-state index contributed by atoms with van der Waals surface area (Å²) in [6, 6.07) is 0. The van der Waals surface area contributed by atoms with Crippen LogP contribution in [0.4, 0.5) is 0 Å². The monoisotopic (exact) mass is 851 g/mol. The Hall–Kier alpha value is -3.15. The molecule has 0 N–H and O–H groups in total. The third-order valence-corrected chi connectivity index (χ3v) is 10.8. The van der Waals surface area contributed by atoms with Gasteiger partial charge in [0.05, 0.1) is 0 Å². The Balaban J connectivity index is 4.47. The average molecular weight is 851 g/mol. The first-order chi connectivity index (χ1) is 30.0. The van der Waals surface area contributed by atoms with Crippen molar-refractivity contribution in [3.63, 3.8) is 0 Å². The van der Waals surface area contributed by atoms with Gasteiger partial charge in [0.15, 0.2) is 6.10 Å². The van der Waals surface area contributed by atoms with Crippen molar-refractivity contribution in [1.29, 1.82) is 0 Å². The van der Waals surface area contributed by atoms with Crippen LogP contribution in [0.25, 0.3) is 0 Å². The lowest BCUT2D eigenvalue weighted by molar-refractivity contribution is -0.166. The largest absolute Gasteiger partial charge is 0.462 e. The van der Waals surface area contributed by atoms with E-state index >= 15 is 0 Å². The topological polar surface area (TPSA) is 78.9 Å². The van der Waals surface area contributed by atoms with Gasteiger partial charge < -0.3 is 14.2 Å². The van der Waals surface area contributed by atoms with Gasteiger partial charge in [0.1, 0.15) is 13.2 Å². The minimum absolute atomic E-state index is 0.103. The van der Waals surface area contributed by atoms with Crippen molar-refractivity contribution in [3.8, 4) is 0 Å². The van der Waals surface area contributed by atoms with E-state index in [1.165, 1.54) is 116 Å². The van der Waals surface area contributed by atoms with E-state index in [1.807, 2.05) is 24.3 Å². The number of allylic oxidation sites excluding steroid dienone is 12. The first-order valence-electron chi connectivity index (χ1n) is 25.5. The van der Waals surface area contributed by atoms with Crippen molar-refractivity contribution in [1.82, 2.24) is 0 Å². The molecular formula is C55H94O6. The molecule has 6 nitrogen and oxygen atoms in total. The first-order valence-corrected chi connectivity index (χ1v) is 25.5. The maximum absolute atomic E-state index is 12.8. The van der Waals surface area contributed by atoms with Crippen LogP contribution in [-0.4, -0.2) is 37.2 Å². The van der Waals surface area contributed by atoms with E-state index in [0.29, 0.717) is 19.3 Å². The quantitative estimate of drug-likeness (QED) is 0.0200. The molecule has 0 aliphatic heterocycles. The summed E-state index contributed by atoms with van der Waals surface area (Å²) >= 11 is 0. The second-order valence-electron chi connectivity index (χ2n) is 16.8. The molecule has 61 heavy (non-hydrogen) atoms. The molecule has 6 heteroatoms. The Labute approximate surface area is 376 Å². The lowest BCUT2D eigenvalue weighted by Crippen LogP contribution is -2.30. The lowest BCUT2D eigenvalue weighted by atomic mass is 10.0. The third kappa shape index (κ3) is 47.7. The number of rotatable bonds is 45. The average Bonchev–Trinajstić information content (AvgIpc) is 3.26. The highest BCUT2D eigenvalue weighted by atomic mass is 16.6. The van der Waals surface area contributed by atoms with Crippen LogP contribution in [0.15, 0.2) is 72.9 Å². The van der Waals surface area contributed by atoms with Crippen LogP contribution < -0.4 is 0 Å². The van der Waals surface area contributed by atoms with E-state index in [0.717, 1.165) is 77.0 Å². The summed E-state index contributed by atoms with van der Waals surface area (Å²) in [5, 5.41) is 0. The molecule has 0 radical (unpaired) electrons. The molecule has 0 spiro atoms. The highest BCUT2D eigenvalue weighted by Crippen LogP contribution is 2.15.